The van der Waals surface area contributed by atoms with Gasteiger partial charge in [0.05, 0.1) is 12.2 Å². The average molecular weight is 238 g/mol. The van der Waals surface area contributed by atoms with Crippen LogP contribution in [0.15, 0.2) is 55.2 Å². The number of hydrogen-bond donors (Lipinski definition) is 1. The molecule has 2 heteroatoms. The van der Waals surface area contributed by atoms with Crippen LogP contribution in [0.2, 0.25) is 0 Å². The van der Waals surface area contributed by atoms with E-state index in [0.29, 0.717) is 6.54 Å². The summed E-state index contributed by atoms with van der Waals surface area (Å²) in [5.41, 5.74) is 4.42. The molecule has 0 fully saturated rings. The summed E-state index contributed by atoms with van der Waals surface area (Å²) < 4.78 is 0. The molecule has 0 saturated heterocycles. The molecule has 1 aromatic heterocycles. The van der Waals surface area contributed by atoms with E-state index in [4.69, 9.17) is 0 Å². The number of pyridine rings is 1. The third-order valence-electron chi connectivity index (χ3n) is 2.92. The van der Waals surface area contributed by atoms with E-state index in [1.165, 1.54) is 5.56 Å². The number of nitrogens with zero attached hydrogens (tertiary/aromatic N) is 1. The highest BCUT2D eigenvalue weighted by molar-refractivity contribution is 5.61. The average Bonchev–Trinajstić information content (AvgIpc) is 2.46. The summed E-state index contributed by atoms with van der Waals surface area (Å²) in [5.74, 6) is 0. The lowest BCUT2D eigenvalue weighted by Gasteiger charge is -2.09. The lowest BCUT2D eigenvalue weighted by Crippen LogP contribution is -2.11. The van der Waals surface area contributed by atoms with E-state index in [9.17, 15) is 0 Å². The molecule has 2 nitrogen and oxygen atoms in total. The van der Waals surface area contributed by atoms with Crippen molar-refractivity contribution in [2.24, 2.45) is 0 Å². The van der Waals surface area contributed by atoms with Crippen LogP contribution in [0.3, 0.4) is 0 Å². The van der Waals surface area contributed by atoms with E-state index in [0.717, 1.165) is 23.4 Å². The summed E-state index contributed by atoms with van der Waals surface area (Å²) in [5, 5.41) is 3.30. The Labute approximate surface area is 108 Å². The topological polar surface area (TPSA) is 24.9 Å². The van der Waals surface area contributed by atoms with E-state index in [-0.39, 0.29) is 0 Å². The summed E-state index contributed by atoms with van der Waals surface area (Å²) in [4.78, 5) is 4.27. The van der Waals surface area contributed by atoms with Gasteiger partial charge in [-0.1, -0.05) is 43.8 Å². The van der Waals surface area contributed by atoms with Crippen LogP contribution in [0.4, 0.5) is 0 Å². The van der Waals surface area contributed by atoms with Crippen molar-refractivity contribution in [3.05, 3.63) is 72.1 Å². The number of aromatic nitrogens is 1. The Hall–Kier alpha value is -2.09. The fraction of sp³-hybridized carbons (Fsp3) is 0.188. The molecule has 2 rings (SSSR count). The van der Waals surface area contributed by atoms with Crippen molar-refractivity contribution in [3.63, 3.8) is 0 Å². The molecule has 1 aromatic carbocycles. The molecule has 1 heterocycles. The smallest absolute Gasteiger partial charge is 0.0594 e. The largest absolute Gasteiger partial charge is 0.379 e. The summed E-state index contributed by atoms with van der Waals surface area (Å²) in [7, 11) is 0. The second kappa shape index (κ2) is 6.01. The highest BCUT2D eigenvalue weighted by Gasteiger charge is 1.99. The van der Waals surface area contributed by atoms with Crippen LogP contribution in [-0.4, -0.2) is 4.98 Å². The van der Waals surface area contributed by atoms with E-state index in [2.05, 4.69) is 48.1 Å². The molecule has 0 radical (unpaired) electrons. The first-order chi connectivity index (χ1) is 8.79. The van der Waals surface area contributed by atoms with E-state index >= 15 is 0 Å². The summed E-state index contributed by atoms with van der Waals surface area (Å²) in [6, 6.07) is 14.4. The SMILES string of the molecule is C=C(NCc1ccccn1)c1ccc(CC)cc1. The molecule has 0 saturated carbocycles. The van der Waals surface area contributed by atoms with Crippen LogP contribution in [0.5, 0.6) is 0 Å². The van der Waals surface area contributed by atoms with Gasteiger partial charge in [-0.2, -0.15) is 0 Å². The molecule has 0 aliphatic carbocycles. The van der Waals surface area contributed by atoms with Crippen molar-refractivity contribution in [1.29, 1.82) is 0 Å². The van der Waals surface area contributed by atoms with Crippen LogP contribution in [0.1, 0.15) is 23.7 Å². The van der Waals surface area contributed by atoms with Gasteiger partial charge < -0.3 is 5.32 Å². The molecule has 92 valence electrons. The van der Waals surface area contributed by atoms with E-state index in [1.54, 1.807) is 6.20 Å². The Balaban J connectivity index is 1.95. The van der Waals surface area contributed by atoms with Gasteiger partial charge in [0.25, 0.3) is 0 Å². The number of nitrogens with one attached hydrogen (secondary N) is 1. The number of rotatable bonds is 5. The zero-order valence-electron chi connectivity index (χ0n) is 10.7. The molecule has 18 heavy (non-hydrogen) atoms. The first-order valence-electron chi connectivity index (χ1n) is 6.21. The summed E-state index contributed by atoms with van der Waals surface area (Å²) in [6.45, 7) is 6.92. The van der Waals surface area contributed by atoms with Crippen LogP contribution in [-0.2, 0) is 13.0 Å². The minimum absolute atomic E-state index is 0.704. The van der Waals surface area contributed by atoms with Crippen molar-refractivity contribution < 1.29 is 0 Å². The summed E-state index contributed by atoms with van der Waals surface area (Å²) >= 11 is 0. The Morgan fingerprint density at radius 3 is 2.56 bits per heavy atom. The Morgan fingerprint density at radius 1 is 1.17 bits per heavy atom. The molecular weight excluding hydrogens is 220 g/mol. The van der Waals surface area contributed by atoms with Gasteiger partial charge >= 0.3 is 0 Å². The number of aryl methyl sites for hydroxylation is 1. The summed E-state index contributed by atoms with van der Waals surface area (Å²) in [6.07, 6.45) is 2.87. The highest BCUT2D eigenvalue weighted by Crippen LogP contribution is 2.12. The maximum atomic E-state index is 4.27. The van der Waals surface area contributed by atoms with Crippen molar-refractivity contribution in [3.8, 4) is 0 Å². The predicted molar refractivity (Wildman–Crippen MR) is 75.9 cm³/mol. The van der Waals surface area contributed by atoms with Gasteiger partial charge in [-0.15, -0.1) is 0 Å². The third kappa shape index (κ3) is 3.20. The minimum atomic E-state index is 0.704. The van der Waals surface area contributed by atoms with Gasteiger partial charge in [-0.05, 0) is 29.7 Å². The Morgan fingerprint density at radius 2 is 1.94 bits per heavy atom. The van der Waals surface area contributed by atoms with E-state index < -0.39 is 0 Å². The standard InChI is InChI=1S/C16H18N2/c1-3-14-7-9-15(10-8-14)13(2)18-12-16-6-4-5-11-17-16/h4-11,18H,2-3,12H2,1H3. The van der Waals surface area contributed by atoms with Crippen LogP contribution < -0.4 is 5.32 Å². The zero-order chi connectivity index (χ0) is 12.8. The predicted octanol–water partition coefficient (Wildman–Crippen LogP) is 3.40. The highest BCUT2D eigenvalue weighted by atomic mass is 14.9. The number of hydrogen-bond acceptors (Lipinski definition) is 2. The third-order valence-corrected chi connectivity index (χ3v) is 2.92. The fourth-order valence-electron chi connectivity index (χ4n) is 1.74. The molecule has 0 aliphatic heterocycles. The maximum Gasteiger partial charge on any atom is 0.0594 e. The van der Waals surface area contributed by atoms with Gasteiger partial charge in [-0.3, -0.25) is 4.98 Å². The number of benzene rings is 1. The molecule has 0 bridgehead atoms. The molecule has 0 amide bonds. The van der Waals surface area contributed by atoms with Gasteiger partial charge in [0.2, 0.25) is 0 Å². The monoisotopic (exact) mass is 238 g/mol. The molecule has 1 N–H and O–H groups in total. The first-order valence-corrected chi connectivity index (χ1v) is 6.21. The lowest BCUT2D eigenvalue weighted by molar-refractivity contribution is 0.854. The molecule has 2 aromatic rings. The second-order valence-corrected chi connectivity index (χ2v) is 4.20. The molecule has 0 spiro atoms. The zero-order valence-corrected chi connectivity index (χ0v) is 10.7. The van der Waals surface area contributed by atoms with Gasteiger partial charge in [0, 0.05) is 11.9 Å². The Kier molecular flexibility index (Phi) is 4.13. The normalized spacial score (nSPS) is 10.1. The molecule has 0 atom stereocenters. The first kappa shape index (κ1) is 12.4. The minimum Gasteiger partial charge on any atom is -0.379 e. The molecular formula is C16H18N2. The maximum absolute atomic E-state index is 4.27. The van der Waals surface area contributed by atoms with Crippen molar-refractivity contribution in [2.45, 2.75) is 19.9 Å². The van der Waals surface area contributed by atoms with Crippen LogP contribution >= 0.6 is 0 Å². The van der Waals surface area contributed by atoms with Gasteiger partial charge in [0.15, 0.2) is 0 Å². The van der Waals surface area contributed by atoms with Crippen LogP contribution in [0, 0.1) is 0 Å². The second-order valence-electron chi connectivity index (χ2n) is 4.20. The van der Waals surface area contributed by atoms with Gasteiger partial charge in [0.1, 0.15) is 0 Å². The van der Waals surface area contributed by atoms with Crippen molar-refractivity contribution >= 4 is 5.70 Å². The Bertz CT molecular complexity index is 500. The molecule has 0 aliphatic rings. The lowest BCUT2D eigenvalue weighted by atomic mass is 10.1. The van der Waals surface area contributed by atoms with Crippen LogP contribution in [0.25, 0.3) is 5.70 Å². The van der Waals surface area contributed by atoms with Crippen molar-refractivity contribution in [1.82, 2.24) is 10.3 Å². The molecule has 0 unspecified atom stereocenters. The quantitative estimate of drug-likeness (QED) is 0.863. The van der Waals surface area contributed by atoms with E-state index in [1.807, 2.05) is 18.2 Å². The fourth-order valence-corrected chi connectivity index (χ4v) is 1.74. The van der Waals surface area contributed by atoms with Gasteiger partial charge in [-0.25, -0.2) is 0 Å². The van der Waals surface area contributed by atoms with Crippen molar-refractivity contribution in [2.75, 3.05) is 0 Å².